The number of halogens is 1. The average Bonchev–Trinajstić information content (AvgIpc) is 2.95. The second kappa shape index (κ2) is 3.93. The molecule has 0 bridgehead atoms. The van der Waals surface area contributed by atoms with Crippen LogP contribution in [0.3, 0.4) is 0 Å². The second-order valence-corrected chi connectivity index (χ2v) is 5.99. The fourth-order valence-corrected chi connectivity index (χ4v) is 3.49. The Hall–Kier alpha value is -1.13. The normalized spacial score (nSPS) is 18.2. The van der Waals surface area contributed by atoms with Gasteiger partial charge in [0.25, 0.3) is 0 Å². The molecule has 2 aliphatic rings. The molecular formula is C13H12ClN3S. The molecule has 0 N–H and O–H groups in total. The number of hydrogen-bond donors (Lipinski definition) is 0. The smallest absolute Gasteiger partial charge is 0.209 e. The van der Waals surface area contributed by atoms with Crippen molar-refractivity contribution >= 4 is 34.0 Å². The number of anilines is 2. The van der Waals surface area contributed by atoms with E-state index in [9.17, 15) is 0 Å². The van der Waals surface area contributed by atoms with Crippen molar-refractivity contribution < 1.29 is 0 Å². The van der Waals surface area contributed by atoms with Crippen molar-refractivity contribution in [3.8, 4) is 0 Å². The van der Waals surface area contributed by atoms with Crippen LogP contribution in [0, 0.1) is 0 Å². The molecule has 5 heteroatoms. The summed E-state index contributed by atoms with van der Waals surface area (Å²) >= 11 is 7.74. The van der Waals surface area contributed by atoms with Crippen LogP contribution in [0.5, 0.6) is 0 Å². The zero-order valence-electron chi connectivity index (χ0n) is 9.77. The Labute approximate surface area is 115 Å². The van der Waals surface area contributed by atoms with E-state index < -0.39 is 0 Å². The average molecular weight is 278 g/mol. The van der Waals surface area contributed by atoms with E-state index in [1.807, 2.05) is 12.1 Å². The summed E-state index contributed by atoms with van der Waals surface area (Å²) in [4.78, 5) is 6.91. The molecule has 0 amide bonds. The lowest BCUT2D eigenvalue weighted by Gasteiger charge is -2.14. The summed E-state index contributed by atoms with van der Waals surface area (Å²) in [6.45, 7) is 0.957. The molecule has 1 saturated carbocycles. The Kier molecular flexibility index (Phi) is 2.35. The fourth-order valence-electron chi connectivity index (χ4n) is 2.43. The van der Waals surface area contributed by atoms with Crippen LogP contribution in [0.4, 0.5) is 10.8 Å². The van der Waals surface area contributed by atoms with Crippen LogP contribution in [-0.2, 0) is 6.42 Å². The third kappa shape index (κ3) is 1.63. The van der Waals surface area contributed by atoms with Gasteiger partial charge in [-0.2, -0.15) is 4.37 Å². The minimum absolute atomic E-state index is 0.622. The molecular weight excluding hydrogens is 266 g/mol. The van der Waals surface area contributed by atoms with Crippen molar-refractivity contribution in [2.45, 2.75) is 25.2 Å². The first-order chi connectivity index (χ1) is 8.83. The van der Waals surface area contributed by atoms with Gasteiger partial charge in [0.2, 0.25) is 5.13 Å². The van der Waals surface area contributed by atoms with Gasteiger partial charge in [0.15, 0.2) is 0 Å². The molecule has 2 aromatic rings. The van der Waals surface area contributed by atoms with Gasteiger partial charge in [0.05, 0.1) is 0 Å². The Bertz CT molecular complexity index is 606. The largest absolute Gasteiger partial charge is 0.316 e. The van der Waals surface area contributed by atoms with E-state index in [1.54, 1.807) is 0 Å². The van der Waals surface area contributed by atoms with E-state index in [2.05, 4.69) is 20.3 Å². The molecule has 92 valence electrons. The van der Waals surface area contributed by atoms with Crippen molar-refractivity contribution in [3.63, 3.8) is 0 Å². The Morgan fingerprint density at radius 1 is 1.33 bits per heavy atom. The van der Waals surface area contributed by atoms with E-state index in [0.29, 0.717) is 5.92 Å². The first-order valence-corrected chi connectivity index (χ1v) is 7.36. The van der Waals surface area contributed by atoms with Crippen molar-refractivity contribution in [1.29, 1.82) is 0 Å². The topological polar surface area (TPSA) is 29.0 Å². The zero-order chi connectivity index (χ0) is 12.1. The van der Waals surface area contributed by atoms with Crippen LogP contribution in [0.25, 0.3) is 0 Å². The predicted molar refractivity (Wildman–Crippen MR) is 74.0 cm³/mol. The summed E-state index contributed by atoms with van der Waals surface area (Å²) in [6.07, 6.45) is 3.49. The SMILES string of the molecule is Clc1cccc2c1CCN2c1nc(C2CC2)ns1. The van der Waals surface area contributed by atoms with E-state index in [0.717, 1.165) is 28.9 Å². The van der Waals surface area contributed by atoms with Crippen molar-refractivity contribution in [3.05, 3.63) is 34.6 Å². The monoisotopic (exact) mass is 277 g/mol. The van der Waals surface area contributed by atoms with Gasteiger partial charge in [-0.25, -0.2) is 4.98 Å². The summed E-state index contributed by atoms with van der Waals surface area (Å²) in [6, 6.07) is 6.08. The quantitative estimate of drug-likeness (QED) is 0.837. The molecule has 4 rings (SSSR count). The van der Waals surface area contributed by atoms with Crippen LogP contribution < -0.4 is 4.90 Å². The Balaban J connectivity index is 1.72. The second-order valence-electron chi connectivity index (χ2n) is 4.85. The molecule has 0 spiro atoms. The molecule has 1 aliphatic carbocycles. The van der Waals surface area contributed by atoms with Gasteiger partial charge in [-0.05, 0) is 37.0 Å². The molecule has 0 unspecified atom stereocenters. The highest BCUT2D eigenvalue weighted by Gasteiger charge is 2.30. The van der Waals surface area contributed by atoms with E-state index >= 15 is 0 Å². The van der Waals surface area contributed by atoms with Crippen molar-refractivity contribution in [2.24, 2.45) is 0 Å². The molecule has 0 atom stereocenters. The van der Waals surface area contributed by atoms with E-state index in [1.165, 1.54) is 35.6 Å². The third-order valence-corrected chi connectivity index (χ3v) is 4.68. The molecule has 1 aliphatic heterocycles. The van der Waals surface area contributed by atoms with Crippen LogP contribution in [-0.4, -0.2) is 15.9 Å². The van der Waals surface area contributed by atoms with E-state index in [4.69, 9.17) is 11.6 Å². The maximum absolute atomic E-state index is 6.23. The zero-order valence-corrected chi connectivity index (χ0v) is 11.3. The highest BCUT2D eigenvalue weighted by atomic mass is 35.5. The molecule has 18 heavy (non-hydrogen) atoms. The number of fused-ring (bicyclic) bond motifs is 1. The number of nitrogens with zero attached hydrogens (tertiary/aromatic N) is 3. The maximum atomic E-state index is 6.23. The summed E-state index contributed by atoms with van der Waals surface area (Å²) in [5, 5.41) is 1.87. The standard InChI is InChI=1S/C13H12ClN3S/c14-10-2-1-3-11-9(10)6-7-17(11)13-15-12(16-18-13)8-4-5-8/h1-3,8H,4-7H2. The molecule has 3 nitrogen and oxygen atoms in total. The minimum Gasteiger partial charge on any atom is -0.316 e. The Morgan fingerprint density at radius 2 is 2.22 bits per heavy atom. The summed E-state index contributed by atoms with van der Waals surface area (Å²) in [5.41, 5.74) is 2.43. The first kappa shape index (κ1) is 10.8. The van der Waals surface area contributed by atoms with Crippen molar-refractivity contribution in [2.75, 3.05) is 11.4 Å². The van der Waals surface area contributed by atoms with Gasteiger partial charge in [-0.15, -0.1) is 0 Å². The lowest BCUT2D eigenvalue weighted by molar-refractivity contribution is 0.948. The van der Waals surface area contributed by atoms with Gasteiger partial charge < -0.3 is 4.90 Å². The molecule has 1 fully saturated rings. The van der Waals surface area contributed by atoms with Gasteiger partial charge in [-0.1, -0.05) is 17.7 Å². The van der Waals surface area contributed by atoms with Gasteiger partial charge in [-0.3, -0.25) is 0 Å². The predicted octanol–water partition coefficient (Wildman–Crippen LogP) is 3.76. The highest BCUT2D eigenvalue weighted by Crippen LogP contribution is 2.42. The summed E-state index contributed by atoms with van der Waals surface area (Å²) in [5.74, 6) is 1.65. The van der Waals surface area contributed by atoms with Crippen LogP contribution in [0.1, 0.15) is 30.1 Å². The van der Waals surface area contributed by atoms with Gasteiger partial charge in [0.1, 0.15) is 5.82 Å². The van der Waals surface area contributed by atoms with Gasteiger partial charge >= 0.3 is 0 Å². The highest BCUT2D eigenvalue weighted by molar-refractivity contribution is 7.09. The number of rotatable bonds is 2. The Morgan fingerprint density at radius 3 is 3.06 bits per heavy atom. The fraction of sp³-hybridized carbons (Fsp3) is 0.385. The maximum Gasteiger partial charge on any atom is 0.209 e. The van der Waals surface area contributed by atoms with Crippen LogP contribution in [0.15, 0.2) is 18.2 Å². The molecule has 0 saturated heterocycles. The van der Waals surface area contributed by atoms with Crippen molar-refractivity contribution in [1.82, 2.24) is 9.36 Å². The lowest BCUT2D eigenvalue weighted by Crippen LogP contribution is -2.12. The van der Waals surface area contributed by atoms with Gasteiger partial charge in [0, 0.05) is 34.7 Å². The first-order valence-electron chi connectivity index (χ1n) is 6.21. The lowest BCUT2D eigenvalue weighted by atomic mass is 10.2. The number of benzene rings is 1. The number of hydrogen-bond acceptors (Lipinski definition) is 4. The summed E-state index contributed by atoms with van der Waals surface area (Å²) < 4.78 is 4.47. The third-order valence-electron chi connectivity index (χ3n) is 3.57. The summed E-state index contributed by atoms with van der Waals surface area (Å²) in [7, 11) is 0. The minimum atomic E-state index is 0.622. The number of aromatic nitrogens is 2. The molecule has 1 aromatic carbocycles. The van der Waals surface area contributed by atoms with Crippen LogP contribution in [0.2, 0.25) is 5.02 Å². The van der Waals surface area contributed by atoms with E-state index in [-0.39, 0.29) is 0 Å². The molecule has 2 heterocycles. The molecule has 1 aromatic heterocycles. The van der Waals surface area contributed by atoms with Crippen LogP contribution >= 0.6 is 23.1 Å². The molecule has 0 radical (unpaired) electrons.